The van der Waals surface area contributed by atoms with Gasteiger partial charge in [-0.1, -0.05) is 24.3 Å². The van der Waals surface area contributed by atoms with E-state index in [1.54, 1.807) is 55.5 Å². The Morgan fingerprint density at radius 2 is 1.82 bits per heavy atom. The van der Waals surface area contributed by atoms with Crippen LogP contribution in [0.1, 0.15) is 12.5 Å². The van der Waals surface area contributed by atoms with Gasteiger partial charge in [0.05, 0.1) is 23.4 Å². The number of fused-ring (bicyclic) bond motifs is 1. The first-order chi connectivity index (χ1) is 16.4. The summed E-state index contributed by atoms with van der Waals surface area (Å²) in [4.78, 5) is 12.6. The highest BCUT2D eigenvalue weighted by molar-refractivity contribution is 7.92. The largest absolute Gasteiger partial charge is 0.495 e. The van der Waals surface area contributed by atoms with Gasteiger partial charge in [-0.25, -0.2) is 8.42 Å². The minimum absolute atomic E-state index is 0.0362. The Hall–Kier alpha value is -3.98. The molecule has 0 atom stereocenters. The summed E-state index contributed by atoms with van der Waals surface area (Å²) >= 11 is 0. The molecule has 4 rings (SSSR count). The van der Waals surface area contributed by atoms with Crippen molar-refractivity contribution in [3.8, 4) is 17.2 Å². The smallest absolute Gasteiger partial charge is 0.264 e. The van der Waals surface area contributed by atoms with E-state index in [1.807, 2.05) is 6.07 Å². The van der Waals surface area contributed by atoms with Crippen molar-refractivity contribution >= 4 is 33.4 Å². The summed E-state index contributed by atoms with van der Waals surface area (Å²) in [5.41, 5.74) is 1.55. The number of nitrogens with zero attached hydrogens (tertiary/aromatic N) is 1. The highest BCUT2D eigenvalue weighted by atomic mass is 32.2. The SMILES string of the molecule is CCN(c1ccccc1)S(=O)(=O)c1ccc(OC)c(NC(=O)/C=C/c2ccc3c(c2)OCO3)c1. The molecule has 3 aromatic rings. The van der Waals surface area contributed by atoms with E-state index in [0.29, 0.717) is 22.9 Å². The zero-order valence-electron chi connectivity index (χ0n) is 18.7. The number of nitrogens with one attached hydrogen (secondary N) is 1. The first-order valence-corrected chi connectivity index (χ1v) is 12.0. The molecular formula is C25H24N2O6S. The van der Waals surface area contributed by atoms with Crippen LogP contribution in [-0.4, -0.2) is 34.8 Å². The third kappa shape index (κ3) is 4.84. The second-order valence-electron chi connectivity index (χ2n) is 7.30. The Kier molecular flexibility index (Phi) is 6.74. The lowest BCUT2D eigenvalue weighted by Crippen LogP contribution is -2.30. The molecule has 0 spiro atoms. The number of carbonyl (C=O) groups is 1. The predicted octanol–water partition coefficient (Wildman–Crippen LogP) is 4.29. The Balaban J connectivity index is 1.57. The number of sulfonamides is 1. The zero-order valence-corrected chi connectivity index (χ0v) is 19.5. The molecule has 0 fully saturated rings. The monoisotopic (exact) mass is 480 g/mol. The lowest BCUT2D eigenvalue weighted by Gasteiger charge is -2.23. The van der Waals surface area contributed by atoms with Crippen LogP contribution < -0.4 is 23.8 Å². The van der Waals surface area contributed by atoms with E-state index in [4.69, 9.17) is 14.2 Å². The van der Waals surface area contributed by atoms with Crippen LogP contribution in [0.15, 0.2) is 77.7 Å². The number of rotatable bonds is 8. The van der Waals surface area contributed by atoms with Crippen LogP contribution in [-0.2, 0) is 14.8 Å². The van der Waals surface area contributed by atoms with Crippen LogP contribution >= 0.6 is 0 Å². The van der Waals surface area contributed by atoms with Crippen LogP contribution in [0.3, 0.4) is 0 Å². The van der Waals surface area contributed by atoms with E-state index in [2.05, 4.69) is 5.32 Å². The van der Waals surface area contributed by atoms with Gasteiger partial charge in [0.15, 0.2) is 11.5 Å². The van der Waals surface area contributed by atoms with E-state index in [1.165, 1.54) is 35.7 Å². The summed E-state index contributed by atoms with van der Waals surface area (Å²) in [6.07, 6.45) is 2.97. The molecule has 3 aromatic carbocycles. The minimum Gasteiger partial charge on any atom is -0.495 e. The Morgan fingerprint density at radius 3 is 2.56 bits per heavy atom. The van der Waals surface area contributed by atoms with E-state index in [-0.39, 0.29) is 23.9 Å². The van der Waals surface area contributed by atoms with Crippen molar-refractivity contribution in [2.75, 3.05) is 30.1 Å². The summed E-state index contributed by atoms with van der Waals surface area (Å²) in [6, 6.07) is 18.5. The van der Waals surface area contributed by atoms with E-state index in [0.717, 1.165) is 5.56 Å². The van der Waals surface area contributed by atoms with E-state index < -0.39 is 15.9 Å². The number of carbonyl (C=O) groups excluding carboxylic acids is 1. The normalized spacial score (nSPS) is 12.5. The number of amides is 1. The number of hydrogen-bond acceptors (Lipinski definition) is 6. The fraction of sp³-hybridized carbons (Fsp3) is 0.160. The number of para-hydroxylation sites is 1. The molecule has 0 radical (unpaired) electrons. The lowest BCUT2D eigenvalue weighted by molar-refractivity contribution is -0.111. The van der Waals surface area contributed by atoms with Crippen molar-refractivity contribution in [2.24, 2.45) is 0 Å². The van der Waals surface area contributed by atoms with Gasteiger partial charge in [0, 0.05) is 12.6 Å². The molecule has 1 heterocycles. The van der Waals surface area contributed by atoms with Gasteiger partial charge < -0.3 is 19.5 Å². The Morgan fingerprint density at radius 1 is 1.06 bits per heavy atom. The minimum atomic E-state index is -3.87. The topological polar surface area (TPSA) is 94.2 Å². The van der Waals surface area contributed by atoms with Gasteiger partial charge in [-0.15, -0.1) is 0 Å². The number of hydrogen-bond donors (Lipinski definition) is 1. The van der Waals surface area contributed by atoms with Gasteiger partial charge in [0.2, 0.25) is 12.7 Å². The molecule has 0 saturated carbocycles. The van der Waals surface area contributed by atoms with Crippen molar-refractivity contribution in [2.45, 2.75) is 11.8 Å². The summed E-state index contributed by atoms with van der Waals surface area (Å²) in [5.74, 6) is 1.16. The molecule has 8 nitrogen and oxygen atoms in total. The predicted molar refractivity (Wildman–Crippen MR) is 130 cm³/mol. The first-order valence-electron chi connectivity index (χ1n) is 10.6. The summed E-state index contributed by atoms with van der Waals surface area (Å²) in [7, 11) is -2.42. The van der Waals surface area contributed by atoms with Gasteiger partial charge >= 0.3 is 0 Å². The van der Waals surface area contributed by atoms with Crippen LogP contribution in [0.2, 0.25) is 0 Å². The highest BCUT2D eigenvalue weighted by Gasteiger charge is 2.25. The molecule has 0 bridgehead atoms. The molecule has 1 N–H and O–H groups in total. The second kappa shape index (κ2) is 9.88. The van der Waals surface area contributed by atoms with Gasteiger partial charge in [-0.2, -0.15) is 0 Å². The van der Waals surface area contributed by atoms with Gasteiger partial charge in [-0.05, 0) is 61.0 Å². The number of benzene rings is 3. The van der Waals surface area contributed by atoms with Crippen molar-refractivity contribution < 1.29 is 27.4 Å². The quantitative estimate of drug-likeness (QED) is 0.484. The van der Waals surface area contributed by atoms with Crippen molar-refractivity contribution in [3.05, 3.63) is 78.4 Å². The van der Waals surface area contributed by atoms with Crippen molar-refractivity contribution in [1.29, 1.82) is 0 Å². The van der Waals surface area contributed by atoms with E-state index >= 15 is 0 Å². The van der Waals surface area contributed by atoms with Crippen molar-refractivity contribution in [1.82, 2.24) is 0 Å². The zero-order chi connectivity index (χ0) is 24.1. The molecule has 176 valence electrons. The van der Waals surface area contributed by atoms with Crippen LogP contribution in [0, 0.1) is 0 Å². The van der Waals surface area contributed by atoms with Gasteiger partial charge in [0.25, 0.3) is 10.0 Å². The maximum absolute atomic E-state index is 13.3. The Labute approximate surface area is 198 Å². The van der Waals surface area contributed by atoms with Gasteiger partial charge in [-0.3, -0.25) is 9.10 Å². The standard InChI is InChI=1S/C25H24N2O6S/c1-3-27(19-7-5-4-6-8-19)34(29,30)20-11-13-22(31-2)21(16-20)26-25(28)14-10-18-9-12-23-24(15-18)33-17-32-23/h4-16H,3,17H2,1-2H3,(H,26,28)/b14-10+. The number of anilines is 2. The third-order valence-corrected chi connectivity index (χ3v) is 7.07. The van der Waals surface area contributed by atoms with E-state index in [9.17, 15) is 13.2 Å². The summed E-state index contributed by atoms with van der Waals surface area (Å²) in [6.45, 7) is 2.18. The third-order valence-electron chi connectivity index (χ3n) is 5.17. The van der Waals surface area contributed by atoms with Crippen LogP contribution in [0.4, 0.5) is 11.4 Å². The summed E-state index contributed by atoms with van der Waals surface area (Å²) in [5, 5.41) is 2.70. The molecule has 34 heavy (non-hydrogen) atoms. The molecule has 0 saturated heterocycles. The highest BCUT2D eigenvalue weighted by Crippen LogP contribution is 2.33. The summed E-state index contributed by atoms with van der Waals surface area (Å²) < 4.78 is 43.9. The van der Waals surface area contributed by atoms with Crippen LogP contribution in [0.5, 0.6) is 17.2 Å². The number of ether oxygens (including phenoxy) is 3. The average Bonchev–Trinajstić information content (AvgIpc) is 3.31. The Bertz CT molecular complexity index is 1320. The molecule has 1 aliphatic rings. The molecule has 1 amide bonds. The maximum atomic E-state index is 13.3. The van der Waals surface area contributed by atoms with Gasteiger partial charge in [0.1, 0.15) is 5.75 Å². The molecule has 0 aliphatic carbocycles. The number of methoxy groups -OCH3 is 1. The molecule has 1 aliphatic heterocycles. The fourth-order valence-electron chi connectivity index (χ4n) is 3.52. The molecule has 0 aromatic heterocycles. The molecule has 0 unspecified atom stereocenters. The first kappa shape index (κ1) is 23.2. The fourth-order valence-corrected chi connectivity index (χ4v) is 5.02. The second-order valence-corrected chi connectivity index (χ2v) is 9.17. The van der Waals surface area contributed by atoms with Crippen molar-refractivity contribution in [3.63, 3.8) is 0 Å². The maximum Gasteiger partial charge on any atom is 0.264 e. The average molecular weight is 481 g/mol. The van der Waals surface area contributed by atoms with Crippen LogP contribution in [0.25, 0.3) is 6.08 Å². The lowest BCUT2D eigenvalue weighted by atomic mass is 10.2. The molecule has 9 heteroatoms. The molecular weight excluding hydrogens is 456 g/mol.